The summed E-state index contributed by atoms with van der Waals surface area (Å²) in [6.45, 7) is 4.87. The van der Waals surface area contributed by atoms with Crippen LogP contribution in [0.25, 0.3) is 0 Å². The predicted octanol–water partition coefficient (Wildman–Crippen LogP) is 1.37. The van der Waals surface area contributed by atoms with Gasteiger partial charge in [-0.2, -0.15) is 8.42 Å². The molecule has 1 rings (SSSR count). The summed E-state index contributed by atoms with van der Waals surface area (Å²) in [5, 5.41) is 3.25. The zero-order chi connectivity index (χ0) is 15.2. The quantitative estimate of drug-likeness (QED) is 0.737. The molecule has 0 aromatic heterocycles. The predicted molar refractivity (Wildman–Crippen MR) is 76.6 cm³/mol. The van der Waals surface area contributed by atoms with E-state index in [1.165, 1.54) is 0 Å². The van der Waals surface area contributed by atoms with Crippen molar-refractivity contribution in [3.63, 3.8) is 0 Å². The van der Waals surface area contributed by atoms with Gasteiger partial charge in [0.25, 0.3) is 0 Å². The molecule has 0 saturated heterocycles. The SMILES string of the molecule is CCNC(C)c1ccc(NS(=O)(=O)NC(=O)OC)cc1. The minimum atomic E-state index is -3.98. The number of nitrogens with one attached hydrogen (secondary N) is 3. The molecule has 3 N–H and O–H groups in total. The summed E-state index contributed by atoms with van der Waals surface area (Å²) < 4.78 is 31.3. The summed E-state index contributed by atoms with van der Waals surface area (Å²) in [4.78, 5) is 10.9. The van der Waals surface area contributed by atoms with Crippen LogP contribution in [0.4, 0.5) is 10.5 Å². The Hall–Kier alpha value is -1.80. The first-order chi connectivity index (χ1) is 9.38. The van der Waals surface area contributed by atoms with Gasteiger partial charge in [0, 0.05) is 6.04 Å². The second kappa shape index (κ2) is 7.11. The van der Waals surface area contributed by atoms with Crippen LogP contribution in [0, 0.1) is 0 Å². The Bertz CT molecular complexity index is 542. The molecule has 20 heavy (non-hydrogen) atoms. The van der Waals surface area contributed by atoms with Crippen LogP contribution >= 0.6 is 0 Å². The highest BCUT2D eigenvalue weighted by Gasteiger charge is 2.14. The first-order valence-electron chi connectivity index (χ1n) is 6.09. The van der Waals surface area contributed by atoms with Crippen LogP contribution in [0.15, 0.2) is 24.3 Å². The van der Waals surface area contributed by atoms with Gasteiger partial charge in [0.1, 0.15) is 0 Å². The average molecular weight is 301 g/mol. The summed E-state index contributed by atoms with van der Waals surface area (Å²) in [5.74, 6) is 0. The van der Waals surface area contributed by atoms with Gasteiger partial charge in [0.15, 0.2) is 0 Å². The summed E-state index contributed by atoms with van der Waals surface area (Å²) >= 11 is 0. The van der Waals surface area contributed by atoms with Crippen LogP contribution in [-0.4, -0.2) is 28.2 Å². The van der Waals surface area contributed by atoms with Crippen molar-refractivity contribution in [1.29, 1.82) is 0 Å². The lowest BCUT2D eigenvalue weighted by atomic mass is 10.1. The van der Waals surface area contributed by atoms with Crippen molar-refractivity contribution < 1.29 is 17.9 Å². The number of amides is 1. The Labute approximate surface area is 118 Å². The molecule has 1 aromatic rings. The van der Waals surface area contributed by atoms with Crippen molar-refractivity contribution in [2.24, 2.45) is 0 Å². The molecule has 1 aromatic carbocycles. The van der Waals surface area contributed by atoms with E-state index in [0.29, 0.717) is 5.69 Å². The van der Waals surface area contributed by atoms with E-state index in [1.54, 1.807) is 16.9 Å². The monoisotopic (exact) mass is 301 g/mol. The lowest BCUT2D eigenvalue weighted by molar-refractivity contribution is 0.177. The standard InChI is InChI=1S/C12H19N3O4S/c1-4-13-9(2)10-5-7-11(8-6-10)14-20(17,18)15-12(16)19-3/h5-9,13-14H,4H2,1-3H3,(H,15,16). The van der Waals surface area contributed by atoms with Gasteiger partial charge in [-0.25, -0.2) is 9.52 Å². The molecule has 0 saturated carbocycles. The zero-order valence-corrected chi connectivity index (χ0v) is 12.5. The van der Waals surface area contributed by atoms with E-state index in [2.05, 4.69) is 14.8 Å². The van der Waals surface area contributed by atoms with Crippen LogP contribution in [0.5, 0.6) is 0 Å². The molecule has 0 radical (unpaired) electrons. The van der Waals surface area contributed by atoms with Crippen LogP contribution in [0.1, 0.15) is 25.5 Å². The van der Waals surface area contributed by atoms with Gasteiger partial charge < -0.3 is 10.1 Å². The maximum absolute atomic E-state index is 11.6. The fourth-order valence-electron chi connectivity index (χ4n) is 1.60. The summed E-state index contributed by atoms with van der Waals surface area (Å²) in [6, 6.07) is 7.05. The molecule has 0 aliphatic rings. The Morgan fingerprint density at radius 2 is 1.90 bits per heavy atom. The number of anilines is 1. The number of hydrogen-bond donors (Lipinski definition) is 3. The molecule has 0 aliphatic carbocycles. The van der Waals surface area contributed by atoms with Gasteiger partial charge in [-0.1, -0.05) is 19.1 Å². The third kappa shape index (κ3) is 5.06. The van der Waals surface area contributed by atoms with Gasteiger partial charge >= 0.3 is 16.3 Å². The van der Waals surface area contributed by atoms with Gasteiger partial charge in [-0.15, -0.1) is 0 Å². The maximum atomic E-state index is 11.6. The molecule has 112 valence electrons. The molecule has 0 bridgehead atoms. The van der Waals surface area contributed by atoms with Crippen molar-refractivity contribution in [2.45, 2.75) is 19.9 Å². The van der Waals surface area contributed by atoms with Gasteiger partial charge in [-0.3, -0.25) is 4.72 Å². The molecule has 0 spiro atoms. The second-order valence-corrected chi connectivity index (χ2v) is 5.52. The number of benzene rings is 1. The normalized spacial score (nSPS) is 12.6. The smallest absolute Gasteiger partial charge is 0.422 e. The molecular formula is C12H19N3O4S. The molecule has 1 atom stereocenters. The topological polar surface area (TPSA) is 96.5 Å². The molecule has 0 aliphatic heterocycles. The van der Waals surface area contributed by atoms with Crippen molar-refractivity contribution in [2.75, 3.05) is 18.4 Å². The lowest BCUT2D eigenvalue weighted by Crippen LogP contribution is -2.35. The largest absolute Gasteiger partial charge is 0.452 e. The highest BCUT2D eigenvalue weighted by Crippen LogP contribution is 2.16. The average Bonchev–Trinajstić information content (AvgIpc) is 2.38. The van der Waals surface area contributed by atoms with Crippen molar-refractivity contribution in [3.8, 4) is 0 Å². The van der Waals surface area contributed by atoms with E-state index in [1.807, 2.05) is 26.0 Å². The van der Waals surface area contributed by atoms with Crippen molar-refractivity contribution in [1.82, 2.24) is 10.0 Å². The van der Waals surface area contributed by atoms with Gasteiger partial charge in [-0.05, 0) is 31.2 Å². The summed E-state index contributed by atoms with van der Waals surface area (Å²) in [6.07, 6.45) is -1.05. The van der Waals surface area contributed by atoms with E-state index in [9.17, 15) is 13.2 Å². The summed E-state index contributed by atoms with van der Waals surface area (Å²) in [7, 11) is -2.89. The number of carbonyl (C=O) groups excluding carboxylic acids is 1. The Kier molecular flexibility index (Phi) is 5.78. The van der Waals surface area contributed by atoms with Crippen molar-refractivity contribution >= 4 is 22.0 Å². The number of hydrogen-bond acceptors (Lipinski definition) is 5. The highest BCUT2D eigenvalue weighted by molar-refractivity contribution is 7.91. The minimum Gasteiger partial charge on any atom is -0.452 e. The van der Waals surface area contributed by atoms with Crippen LogP contribution in [0.3, 0.4) is 0 Å². The summed E-state index contributed by atoms with van der Waals surface area (Å²) in [5.41, 5.74) is 1.39. The van der Waals surface area contributed by atoms with Gasteiger partial charge in [0.05, 0.1) is 12.8 Å². The molecule has 7 nitrogen and oxygen atoms in total. The Morgan fingerprint density at radius 1 is 1.30 bits per heavy atom. The van der Waals surface area contributed by atoms with E-state index < -0.39 is 16.3 Å². The molecule has 1 unspecified atom stereocenters. The van der Waals surface area contributed by atoms with Crippen LogP contribution in [0.2, 0.25) is 0 Å². The molecule has 0 fully saturated rings. The third-order valence-electron chi connectivity index (χ3n) is 2.58. The fraction of sp³-hybridized carbons (Fsp3) is 0.417. The second-order valence-electron chi connectivity index (χ2n) is 4.10. The van der Waals surface area contributed by atoms with Crippen LogP contribution < -0.4 is 14.8 Å². The van der Waals surface area contributed by atoms with E-state index in [4.69, 9.17) is 0 Å². The lowest BCUT2D eigenvalue weighted by Gasteiger charge is -2.13. The van der Waals surface area contributed by atoms with E-state index in [0.717, 1.165) is 19.2 Å². The first kappa shape index (κ1) is 16.3. The highest BCUT2D eigenvalue weighted by atomic mass is 32.2. The molecule has 8 heteroatoms. The van der Waals surface area contributed by atoms with Gasteiger partial charge in [0.2, 0.25) is 0 Å². The zero-order valence-electron chi connectivity index (χ0n) is 11.6. The Morgan fingerprint density at radius 3 is 2.40 bits per heavy atom. The first-order valence-corrected chi connectivity index (χ1v) is 7.58. The maximum Gasteiger partial charge on any atom is 0.422 e. The van der Waals surface area contributed by atoms with E-state index >= 15 is 0 Å². The number of ether oxygens (including phenoxy) is 1. The molecule has 1 amide bonds. The molecule has 0 heterocycles. The number of carbonyl (C=O) groups is 1. The Balaban J connectivity index is 2.72. The third-order valence-corrected chi connectivity index (χ3v) is 3.52. The van der Waals surface area contributed by atoms with Crippen LogP contribution in [-0.2, 0) is 14.9 Å². The van der Waals surface area contributed by atoms with Crippen molar-refractivity contribution in [3.05, 3.63) is 29.8 Å². The molecular weight excluding hydrogens is 282 g/mol. The minimum absolute atomic E-state index is 0.179. The fourth-order valence-corrected chi connectivity index (χ4v) is 2.40. The number of rotatable bonds is 6. The number of methoxy groups -OCH3 is 1. The van der Waals surface area contributed by atoms with E-state index in [-0.39, 0.29) is 6.04 Å².